The minimum atomic E-state index is 0. The van der Waals surface area contributed by atoms with Crippen molar-refractivity contribution < 1.29 is 9.53 Å². The van der Waals surface area contributed by atoms with E-state index < -0.39 is 0 Å². The Kier molecular flexibility index (Phi) is 8.57. The summed E-state index contributed by atoms with van der Waals surface area (Å²) >= 11 is 7.61. The van der Waals surface area contributed by atoms with Gasteiger partial charge in [-0.15, -0.1) is 12.4 Å². The van der Waals surface area contributed by atoms with Gasteiger partial charge >= 0.3 is 0 Å². The molecule has 1 aliphatic rings. The fourth-order valence-electron chi connectivity index (χ4n) is 2.95. The number of carbonyl (C=O) groups is 1. The van der Waals surface area contributed by atoms with Crippen LogP contribution in [0.4, 0.5) is 5.13 Å². The van der Waals surface area contributed by atoms with Gasteiger partial charge in [-0.25, -0.2) is 4.98 Å². The van der Waals surface area contributed by atoms with E-state index in [4.69, 9.17) is 16.3 Å². The molecule has 0 atom stereocenters. The third-order valence-corrected chi connectivity index (χ3v) is 5.57. The number of aromatic nitrogens is 1. The summed E-state index contributed by atoms with van der Waals surface area (Å²) < 4.78 is 6.40. The summed E-state index contributed by atoms with van der Waals surface area (Å²) in [6, 6.07) is 5.66. The van der Waals surface area contributed by atoms with E-state index in [2.05, 4.69) is 9.88 Å². The summed E-state index contributed by atoms with van der Waals surface area (Å²) in [6.07, 6.45) is 2.33. The third-order valence-electron chi connectivity index (χ3n) is 4.29. The first-order valence-electron chi connectivity index (χ1n) is 8.84. The van der Waals surface area contributed by atoms with E-state index in [9.17, 15) is 4.79 Å². The maximum Gasteiger partial charge on any atom is 0.228 e. The molecule has 144 valence electrons. The smallest absolute Gasteiger partial charge is 0.228 e. The second kappa shape index (κ2) is 10.4. The molecule has 5 nitrogen and oxygen atoms in total. The topological polar surface area (TPSA) is 45.7 Å². The first kappa shape index (κ1) is 21.4. The Labute approximate surface area is 169 Å². The van der Waals surface area contributed by atoms with Gasteiger partial charge < -0.3 is 4.74 Å². The van der Waals surface area contributed by atoms with Gasteiger partial charge in [0.15, 0.2) is 5.13 Å². The van der Waals surface area contributed by atoms with Crippen molar-refractivity contribution >= 4 is 56.6 Å². The molecule has 0 radical (unpaired) electrons. The van der Waals surface area contributed by atoms with E-state index in [1.165, 1.54) is 11.3 Å². The van der Waals surface area contributed by atoms with Gasteiger partial charge in [-0.3, -0.25) is 14.6 Å². The van der Waals surface area contributed by atoms with Crippen LogP contribution in [-0.4, -0.2) is 55.2 Å². The zero-order chi connectivity index (χ0) is 17.6. The normalized spacial score (nSPS) is 15.0. The van der Waals surface area contributed by atoms with Crippen LogP contribution in [0.5, 0.6) is 0 Å². The van der Waals surface area contributed by atoms with E-state index in [0.29, 0.717) is 18.0 Å². The number of halogens is 2. The highest BCUT2D eigenvalue weighted by Gasteiger charge is 2.19. The Hall–Kier alpha value is -0.920. The van der Waals surface area contributed by atoms with Gasteiger partial charge in [0.2, 0.25) is 5.91 Å². The second-order valence-electron chi connectivity index (χ2n) is 6.21. The molecule has 0 saturated carbocycles. The molecule has 8 heteroatoms. The molecule has 0 unspecified atom stereocenters. The zero-order valence-corrected chi connectivity index (χ0v) is 17.3. The number of amides is 1. The molecule has 1 aromatic heterocycles. The zero-order valence-electron chi connectivity index (χ0n) is 14.9. The summed E-state index contributed by atoms with van der Waals surface area (Å²) in [5.41, 5.74) is 0.895. The fraction of sp³-hybridized carbons (Fsp3) is 0.556. The first-order valence-corrected chi connectivity index (χ1v) is 10.0. The number of hydrogen-bond donors (Lipinski definition) is 0. The van der Waals surface area contributed by atoms with Gasteiger partial charge in [-0.1, -0.05) is 29.9 Å². The Morgan fingerprint density at radius 1 is 1.38 bits per heavy atom. The standard InChI is InChI=1S/C18H24ClN3O2S.ClH/c1-2-4-17(23)22(8-3-7-21-9-11-24-12-10-21)18-20-15-6-5-14(19)13-16(15)25-18;/h5-6,13H,2-4,7-12H2,1H3;1H. The van der Waals surface area contributed by atoms with Gasteiger partial charge in [0.1, 0.15) is 0 Å². The van der Waals surface area contributed by atoms with Crippen LogP contribution in [-0.2, 0) is 9.53 Å². The van der Waals surface area contributed by atoms with Gasteiger partial charge in [-0.2, -0.15) is 0 Å². The molecular formula is C18H25Cl2N3O2S. The molecule has 1 aromatic carbocycles. The number of nitrogens with zero attached hydrogens (tertiary/aromatic N) is 3. The highest BCUT2D eigenvalue weighted by atomic mass is 35.5. The molecule has 3 rings (SSSR count). The molecule has 0 aliphatic carbocycles. The number of ether oxygens (including phenoxy) is 1. The van der Waals surface area contributed by atoms with Crippen LogP contribution >= 0.6 is 35.3 Å². The number of anilines is 1. The summed E-state index contributed by atoms with van der Waals surface area (Å²) in [4.78, 5) is 21.5. The summed E-state index contributed by atoms with van der Waals surface area (Å²) in [5.74, 6) is 0.148. The van der Waals surface area contributed by atoms with Crippen molar-refractivity contribution in [3.05, 3.63) is 23.2 Å². The highest BCUT2D eigenvalue weighted by Crippen LogP contribution is 2.31. The predicted octanol–water partition coefficient (Wildman–Crippen LogP) is 4.23. The Bertz CT molecular complexity index is 720. The summed E-state index contributed by atoms with van der Waals surface area (Å²) in [6.45, 7) is 7.26. The second-order valence-corrected chi connectivity index (χ2v) is 7.66. The van der Waals surface area contributed by atoms with Gasteiger partial charge in [0.25, 0.3) is 0 Å². The lowest BCUT2D eigenvalue weighted by molar-refractivity contribution is -0.118. The maximum absolute atomic E-state index is 12.6. The van der Waals surface area contributed by atoms with Crippen LogP contribution in [0.3, 0.4) is 0 Å². The minimum Gasteiger partial charge on any atom is -0.379 e. The SMILES string of the molecule is CCCC(=O)N(CCCN1CCOCC1)c1nc2ccc(Cl)cc2s1.Cl. The number of morpholine rings is 1. The molecule has 0 N–H and O–H groups in total. The molecule has 26 heavy (non-hydrogen) atoms. The lowest BCUT2D eigenvalue weighted by Crippen LogP contribution is -2.39. The molecule has 1 aliphatic heterocycles. The van der Waals surface area contributed by atoms with Crippen LogP contribution < -0.4 is 4.90 Å². The van der Waals surface area contributed by atoms with E-state index in [0.717, 1.165) is 61.0 Å². The number of fused-ring (bicyclic) bond motifs is 1. The first-order chi connectivity index (χ1) is 12.2. The number of rotatable bonds is 7. The predicted molar refractivity (Wildman–Crippen MR) is 111 cm³/mol. The Morgan fingerprint density at radius 3 is 2.88 bits per heavy atom. The minimum absolute atomic E-state index is 0. The van der Waals surface area contributed by atoms with Crippen LogP contribution in [0.1, 0.15) is 26.2 Å². The number of hydrogen-bond acceptors (Lipinski definition) is 5. The molecule has 2 aromatic rings. The van der Waals surface area contributed by atoms with E-state index in [-0.39, 0.29) is 18.3 Å². The molecule has 1 fully saturated rings. The number of benzene rings is 1. The number of thiazole rings is 1. The monoisotopic (exact) mass is 417 g/mol. The molecular weight excluding hydrogens is 393 g/mol. The van der Waals surface area contributed by atoms with Crippen LogP contribution in [0.2, 0.25) is 5.02 Å². The van der Waals surface area contributed by atoms with Crippen LogP contribution in [0, 0.1) is 0 Å². The van der Waals surface area contributed by atoms with Crippen molar-refractivity contribution in [3.63, 3.8) is 0 Å². The maximum atomic E-state index is 12.6. The van der Waals surface area contributed by atoms with Crippen molar-refractivity contribution in [3.8, 4) is 0 Å². The number of carbonyl (C=O) groups excluding carboxylic acids is 1. The van der Waals surface area contributed by atoms with Crippen molar-refractivity contribution in [2.75, 3.05) is 44.3 Å². The summed E-state index contributed by atoms with van der Waals surface area (Å²) in [5, 5.41) is 1.47. The molecule has 2 heterocycles. The average Bonchev–Trinajstić information content (AvgIpc) is 3.02. The highest BCUT2D eigenvalue weighted by molar-refractivity contribution is 7.22. The average molecular weight is 418 g/mol. The van der Waals surface area contributed by atoms with Crippen molar-refractivity contribution in [1.82, 2.24) is 9.88 Å². The van der Waals surface area contributed by atoms with Crippen molar-refractivity contribution in [2.45, 2.75) is 26.2 Å². The van der Waals surface area contributed by atoms with Gasteiger partial charge in [0.05, 0.1) is 23.4 Å². The van der Waals surface area contributed by atoms with E-state index >= 15 is 0 Å². The quantitative estimate of drug-likeness (QED) is 0.675. The molecule has 1 amide bonds. The lowest BCUT2D eigenvalue weighted by Gasteiger charge is -2.27. The Morgan fingerprint density at radius 2 is 2.15 bits per heavy atom. The van der Waals surface area contributed by atoms with E-state index in [1.54, 1.807) is 0 Å². The third kappa shape index (κ3) is 5.54. The fourth-order valence-corrected chi connectivity index (χ4v) is 4.24. The molecule has 0 bridgehead atoms. The Balaban J connectivity index is 0.00000243. The van der Waals surface area contributed by atoms with E-state index in [1.807, 2.05) is 30.0 Å². The molecule has 0 spiro atoms. The van der Waals surface area contributed by atoms with Gasteiger partial charge in [0, 0.05) is 37.6 Å². The lowest BCUT2D eigenvalue weighted by atomic mass is 10.2. The van der Waals surface area contributed by atoms with Crippen LogP contribution in [0.25, 0.3) is 10.2 Å². The van der Waals surface area contributed by atoms with Crippen molar-refractivity contribution in [2.24, 2.45) is 0 Å². The largest absolute Gasteiger partial charge is 0.379 e. The van der Waals surface area contributed by atoms with Gasteiger partial charge in [-0.05, 0) is 31.0 Å². The summed E-state index contributed by atoms with van der Waals surface area (Å²) in [7, 11) is 0. The molecule has 1 saturated heterocycles. The van der Waals surface area contributed by atoms with Crippen LogP contribution in [0.15, 0.2) is 18.2 Å². The van der Waals surface area contributed by atoms with Crippen molar-refractivity contribution in [1.29, 1.82) is 0 Å².